The number of rotatable bonds is 2. The van der Waals surface area contributed by atoms with Crippen molar-refractivity contribution in [2.45, 2.75) is 25.7 Å². The van der Waals surface area contributed by atoms with Crippen LogP contribution in [0.4, 0.5) is 13.2 Å². The van der Waals surface area contributed by atoms with Gasteiger partial charge in [0.2, 0.25) is 5.91 Å². The van der Waals surface area contributed by atoms with E-state index in [2.05, 4.69) is 4.98 Å². The number of hydrogen-bond acceptors (Lipinski definition) is 2. The van der Waals surface area contributed by atoms with Gasteiger partial charge in [0, 0.05) is 53.9 Å². The number of nitrogens with one attached hydrogen (secondary N) is 1. The molecule has 1 amide bonds. The van der Waals surface area contributed by atoms with E-state index in [1.165, 1.54) is 0 Å². The van der Waals surface area contributed by atoms with Crippen LogP contribution in [0.25, 0.3) is 10.9 Å². The van der Waals surface area contributed by atoms with Gasteiger partial charge in [-0.1, -0.05) is 18.2 Å². The molecular formula is C19H16F3N3O2. The fourth-order valence-corrected chi connectivity index (χ4v) is 3.45. The molecule has 1 aromatic carbocycles. The number of carbonyl (C=O) groups is 1. The van der Waals surface area contributed by atoms with Gasteiger partial charge in [0.1, 0.15) is 6.54 Å². The molecule has 0 fully saturated rings. The largest absolute Gasteiger partial charge is 0.417 e. The Balaban J connectivity index is 1.57. The van der Waals surface area contributed by atoms with Crippen LogP contribution in [-0.2, 0) is 30.5 Å². The van der Waals surface area contributed by atoms with Crippen LogP contribution >= 0.6 is 0 Å². The summed E-state index contributed by atoms with van der Waals surface area (Å²) in [7, 11) is 0. The van der Waals surface area contributed by atoms with E-state index in [0.29, 0.717) is 25.7 Å². The zero-order valence-electron chi connectivity index (χ0n) is 14.2. The number of aromatic nitrogens is 2. The molecule has 0 saturated carbocycles. The summed E-state index contributed by atoms with van der Waals surface area (Å²) in [4.78, 5) is 29.4. The Hall–Kier alpha value is -3.03. The van der Waals surface area contributed by atoms with Gasteiger partial charge in [-0.2, -0.15) is 13.2 Å². The Bertz CT molecular complexity index is 1080. The van der Waals surface area contributed by atoms with Crippen LogP contribution in [0.3, 0.4) is 0 Å². The summed E-state index contributed by atoms with van der Waals surface area (Å²) in [6.07, 6.45) is -3.24. The fraction of sp³-hybridized carbons (Fsp3) is 0.263. The van der Waals surface area contributed by atoms with Crippen molar-refractivity contribution in [1.82, 2.24) is 14.5 Å². The van der Waals surface area contributed by atoms with Gasteiger partial charge in [0.05, 0.1) is 5.56 Å². The predicted molar refractivity (Wildman–Crippen MR) is 93.1 cm³/mol. The van der Waals surface area contributed by atoms with Crippen LogP contribution in [0.1, 0.15) is 16.8 Å². The number of halogens is 3. The molecule has 3 aromatic rings. The molecule has 27 heavy (non-hydrogen) atoms. The molecule has 0 aliphatic carbocycles. The number of alkyl halides is 3. The highest BCUT2D eigenvalue weighted by Crippen LogP contribution is 2.29. The van der Waals surface area contributed by atoms with E-state index in [9.17, 15) is 22.8 Å². The highest BCUT2D eigenvalue weighted by molar-refractivity contribution is 5.86. The van der Waals surface area contributed by atoms with Crippen molar-refractivity contribution in [3.05, 3.63) is 69.8 Å². The molecule has 0 saturated heterocycles. The third-order valence-corrected chi connectivity index (χ3v) is 4.85. The van der Waals surface area contributed by atoms with Gasteiger partial charge in [-0.05, 0) is 12.1 Å². The number of benzene rings is 1. The monoisotopic (exact) mass is 375 g/mol. The molecular weight excluding hydrogens is 359 g/mol. The van der Waals surface area contributed by atoms with Crippen molar-refractivity contribution in [1.29, 1.82) is 0 Å². The second-order valence-corrected chi connectivity index (χ2v) is 6.57. The third-order valence-electron chi connectivity index (χ3n) is 4.85. The smallest absolute Gasteiger partial charge is 0.358 e. The van der Waals surface area contributed by atoms with E-state index < -0.39 is 23.8 Å². The van der Waals surface area contributed by atoms with Crippen LogP contribution in [-0.4, -0.2) is 26.9 Å². The Morgan fingerprint density at radius 1 is 1.15 bits per heavy atom. The number of pyridine rings is 1. The van der Waals surface area contributed by atoms with Crippen molar-refractivity contribution in [2.75, 3.05) is 6.54 Å². The van der Waals surface area contributed by atoms with Gasteiger partial charge < -0.3 is 14.5 Å². The molecule has 0 radical (unpaired) electrons. The molecule has 1 N–H and O–H groups in total. The summed E-state index contributed by atoms with van der Waals surface area (Å²) < 4.78 is 39.4. The first kappa shape index (κ1) is 17.4. The minimum absolute atomic E-state index is 0.367. The summed E-state index contributed by atoms with van der Waals surface area (Å²) in [5.74, 6) is -0.382. The SMILES string of the molecule is O=C(Cn1cc(C(F)(F)F)ccc1=O)N1CCc2[nH]c3ccccc3c2C1. The van der Waals surface area contributed by atoms with Crippen LogP contribution in [0, 0.1) is 0 Å². The molecule has 0 bridgehead atoms. The molecule has 2 aromatic heterocycles. The summed E-state index contributed by atoms with van der Waals surface area (Å²) >= 11 is 0. The lowest BCUT2D eigenvalue weighted by atomic mass is 10.0. The minimum Gasteiger partial charge on any atom is -0.358 e. The van der Waals surface area contributed by atoms with Crippen LogP contribution < -0.4 is 5.56 Å². The first-order valence-corrected chi connectivity index (χ1v) is 8.47. The molecule has 0 unspecified atom stereocenters. The average Bonchev–Trinajstić information content (AvgIpc) is 3.00. The molecule has 3 heterocycles. The molecule has 8 heteroatoms. The zero-order chi connectivity index (χ0) is 19.2. The topological polar surface area (TPSA) is 58.1 Å². The first-order chi connectivity index (χ1) is 12.8. The lowest BCUT2D eigenvalue weighted by Crippen LogP contribution is -2.39. The number of fused-ring (bicyclic) bond motifs is 3. The van der Waals surface area contributed by atoms with Crippen molar-refractivity contribution in [2.24, 2.45) is 0 Å². The molecule has 140 valence electrons. The van der Waals surface area contributed by atoms with E-state index >= 15 is 0 Å². The van der Waals surface area contributed by atoms with Crippen molar-refractivity contribution < 1.29 is 18.0 Å². The van der Waals surface area contributed by atoms with E-state index in [-0.39, 0.29) is 5.91 Å². The van der Waals surface area contributed by atoms with Gasteiger partial charge in [-0.25, -0.2) is 0 Å². The van der Waals surface area contributed by atoms with Gasteiger partial charge in [-0.15, -0.1) is 0 Å². The van der Waals surface area contributed by atoms with E-state index in [1.54, 1.807) is 4.90 Å². The van der Waals surface area contributed by atoms with Crippen LogP contribution in [0.5, 0.6) is 0 Å². The van der Waals surface area contributed by atoms with Gasteiger partial charge in [0.25, 0.3) is 5.56 Å². The number of nitrogens with zero attached hydrogens (tertiary/aromatic N) is 2. The van der Waals surface area contributed by atoms with Gasteiger partial charge >= 0.3 is 6.18 Å². The number of hydrogen-bond donors (Lipinski definition) is 1. The number of para-hydroxylation sites is 1. The Kier molecular flexibility index (Phi) is 4.05. The second kappa shape index (κ2) is 6.29. The molecule has 1 aliphatic rings. The normalized spacial score (nSPS) is 14.4. The van der Waals surface area contributed by atoms with Crippen molar-refractivity contribution in [3.8, 4) is 0 Å². The quantitative estimate of drug-likeness (QED) is 0.749. The predicted octanol–water partition coefficient (Wildman–Crippen LogP) is 2.93. The summed E-state index contributed by atoms with van der Waals surface area (Å²) in [5, 5.41) is 1.03. The van der Waals surface area contributed by atoms with Crippen molar-refractivity contribution in [3.63, 3.8) is 0 Å². The summed E-state index contributed by atoms with van der Waals surface area (Å²) in [6, 6.07) is 9.33. The Labute approximate surface area is 152 Å². The Morgan fingerprint density at radius 2 is 1.93 bits per heavy atom. The minimum atomic E-state index is -4.57. The number of aromatic amines is 1. The number of amides is 1. The molecule has 0 spiro atoms. The molecule has 1 aliphatic heterocycles. The highest BCUT2D eigenvalue weighted by Gasteiger charge is 2.31. The van der Waals surface area contributed by atoms with Crippen LogP contribution in [0.2, 0.25) is 0 Å². The average molecular weight is 375 g/mol. The van der Waals surface area contributed by atoms with E-state index in [1.807, 2.05) is 24.3 Å². The lowest BCUT2D eigenvalue weighted by Gasteiger charge is -2.27. The maximum absolute atomic E-state index is 12.9. The molecule has 4 rings (SSSR count). The number of H-pyrrole nitrogens is 1. The van der Waals surface area contributed by atoms with E-state index in [0.717, 1.165) is 38.9 Å². The third kappa shape index (κ3) is 3.22. The van der Waals surface area contributed by atoms with E-state index in [4.69, 9.17) is 0 Å². The lowest BCUT2D eigenvalue weighted by molar-refractivity contribution is -0.139. The first-order valence-electron chi connectivity index (χ1n) is 8.47. The molecule has 5 nitrogen and oxygen atoms in total. The highest BCUT2D eigenvalue weighted by atomic mass is 19.4. The Morgan fingerprint density at radius 3 is 2.70 bits per heavy atom. The van der Waals surface area contributed by atoms with Gasteiger partial charge in [0.15, 0.2) is 0 Å². The van der Waals surface area contributed by atoms with Gasteiger partial charge in [-0.3, -0.25) is 9.59 Å². The second-order valence-electron chi connectivity index (χ2n) is 6.57. The maximum atomic E-state index is 12.9. The standard InChI is InChI=1S/C19H16F3N3O2/c20-19(21,22)12-5-6-17(26)25(9-12)11-18(27)24-8-7-16-14(10-24)13-3-1-2-4-15(13)23-16/h1-6,9,23H,7-8,10-11H2. The number of carbonyl (C=O) groups excluding carboxylic acids is 1. The zero-order valence-corrected chi connectivity index (χ0v) is 14.2. The fourth-order valence-electron chi connectivity index (χ4n) is 3.45. The van der Waals surface area contributed by atoms with Crippen molar-refractivity contribution >= 4 is 16.8 Å². The van der Waals surface area contributed by atoms with Crippen LogP contribution in [0.15, 0.2) is 47.4 Å². The summed E-state index contributed by atoms with van der Waals surface area (Å²) in [5.41, 5.74) is 1.48. The maximum Gasteiger partial charge on any atom is 0.417 e. The molecule has 0 atom stereocenters. The summed E-state index contributed by atoms with van der Waals surface area (Å²) in [6.45, 7) is 0.401.